The molecule has 0 saturated heterocycles. The monoisotopic (exact) mass is 338 g/mol. The number of hydrogen-bond donors (Lipinski definition) is 0. The maximum Gasteiger partial charge on any atom is 0.122 e. The second-order valence-corrected chi connectivity index (χ2v) is 6.89. The van der Waals surface area contributed by atoms with E-state index >= 15 is 0 Å². The van der Waals surface area contributed by atoms with Crippen molar-refractivity contribution < 1.29 is 4.74 Å². The van der Waals surface area contributed by atoms with Gasteiger partial charge in [-0.1, -0.05) is 67.2 Å². The SMILES string of the molecule is CCC(C)c1ccccc1OCC1(CBr)CCCCC1. The molecule has 0 N–H and O–H groups in total. The fourth-order valence-electron chi connectivity index (χ4n) is 3.09. The van der Waals surface area contributed by atoms with Gasteiger partial charge in [-0.05, 0) is 36.8 Å². The lowest BCUT2D eigenvalue weighted by molar-refractivity contribution is 0.121. The van der Waals surface area contributed by atoms with E-state index in [4.69, 9.17) is 4.74 Å². The lowest BCUT2D eigenvalue weighted by Crippen LogP contribution is -2.32. The number of benzene rings is 1. The smallest absolute Gasteiger partial charge is 0.122 e. The van der Waals surface area contributed by atoms with Gasteiger partial charge in [-0.15, -0.1) is 0 Å². The molecule has 1 unspecified atom stereocenters. The normalized spacial score (nSPS) is 19.6. The van der Waals surface area contributed by atoms with Crippen molar-refractivity contribution in [3.63, 3.8) is 0 Å². The summed E-state index contributed by atoms with van der Waals surface area (Å²) in [5.41, 5.74) is 1.71. The summed E-state index contributed by atoms with van der Waals surface area (Å²) in [6.07, 6.45) is 7.83. The standard InChI is InChI=1S/C18H27BrO/c1-3-15(2)16-9-5-6-10-17(16)20-14-18(13-19)11-7-4-8-12-18/h5-6,9-10,15H,3-4,7-8,11-14H2,1-2H3. The summed E-state index contributed by atoms with van der Waals surface area (Å²) in [4.78, 5) is 0. The Morgan fingerprint density at radius 3 is 2.55 bits per heavy atom. The molecule has 0 heterocycles. The first kappa shape index (κ1) is 15.9. The minimum Gasteiger partial charge on any atom is -0.493 e. The maximum atomic E-state index is 6.26. The van der Waals surface area contributed by atoms with Gasteiger partial charge in [0.05, 0.1) is 6.61 Å². The van der Waals surface area contributed by atoms with E-state index in [0.717, 1.165) is 24.1 Å². The lowest BCUT2D eigenvalue weighted by Gasteiger charge is -2.35. The van der Waals surface area contributed by atoms with Gasteiger partial charge in [0.15, 0.2) is 0 Å². The Labute approximate surface area is 132 Å². The van der Waals surface area contributed by atoms with Crippen LogP contribution >= 0.6 is 15.9 Å². The van der Waals surface area contributed by atoms with Gasteiger partial charge in [-0.2, -0.15) is 0 Å². The topological polar surface area (TPSA) is 9.23 Å². The van der Waals surface area contributed by atoms with Crippen LogP contribution in [-0.2, 0) is 0 Å². The molecule has 1 aliphatic rings. The summed E-state index contributed by atoms with van der Waals surface area (Å²) >= 11 is 3.72. The van der Waals surface area contributed by atoms with Crippen molar-refractivity contribution in [2.75, 3.05) is 11.9 Å². The van der Waals surface area contributed by atoms with Gasteiger partial charge in [-0.3, -0.25) is 0 Å². The van der Waals surface area contributed by atoms with Gasteiger partial charge < -0.3 is 4.74 Å². The molecular weight excluding hydrogens is 312 g/mol. The Morgan fingerprint density at radius 2 is 1.90 bits per heavy atom. The molecule has 0 radical (unpaired) electrons. The first-order chi connectivity index (χ1) is 9.71. The molecule has 0 amide bonds. The Hall–Kier alpha value is -0.500. The lowest BCUT2D eigenvalue weighted by atomic mass is 9.76. The summed E-state index contributed by atoms with van der Waals surface area (Å²) in [5.74, 6) is 1.66. The second kappa shape index (κ2) is 7.49. The maximum absolute atomic E-state index is 6.26. The minimum absolute atomic E-state index is 0.348. The zero-order chi connectivity index (χ0) is 14.4. The molecule has 1 aromatic carbocycles. The molecule has 0 aromatic heterocycles. The third kappa shape index (κ3) is 3.78. The van der Waals surface area contributed by atoms with Gasteiger partial charge >= 0.3 is 0 Å². The Morgan fingerprint density at radius 1 is 1.20 bits per heavy atom. The number of para-hydroxylation sites is 1. The largest absolute Gasteiger partial charge is 0.493 e. The molecule has 2 rings (SSSR count). The Kier molecular flexibility index (Phi) is 5.95. The van der Waals surface area contributed by atoms with Crippen molar-refractivity contribution in [2.45, 2.75) is 58.3 Å². The fourth-order valence-corrected chi connectivity index (χ4v) is 3.81. The van der Waals surface area contributed by atoms with Gasteiger partial charge in [0.25, 0.3) is 0 Å². The second-order valence-electron chi connectivity index (χ2n) is 6.33. The van der Waals surface area contributed by atoms with Crippen LogP contribution in [0.2, 0.25) is 0 Å². The molecule has 2 heteroatoms. The van der Waals surface area contributed by atoms with E-state index in [1.165, 1.54) is 37.7 Å². The van der Waals surface area contributed by atoms with Crippen LogP contribution in [0.15, 0.2) is 24.3 Å². The minimum atomic E-state index is 0.348. The summed E-state index contributed by atoms with van der Waals surface area (Å²) in [5, 5.41) is 1.06. The molecular formula is C18H27BrO. The van der Waals surface area contributed by atoms with Gasteiger partial charge in [0.1, 0.15) is 5.75 Å². The van der Waals surface area contributed by atoms with E-state index in [0.29, 0.717) is 11.3 Å². The Bertz CT molecular complexity index is 410. The van der Waals surface area contributed by atoms with Crippen molar-refractivity contribution in [3.8, 4) is 5.75 Å². The van der Waals surface area contributed by atoms with E-state index < -0.39 is 0 Å². The third-order valence-electron chi connectivity index (χ3n) is 4.79. The molecule has 1 atom stereocenters. The molecule has 0 spiro atoms. The highest BCUT2D eigenvalue weighted by Crippen LogP contribution is 2.39. The average molecular weight is 339 g/mol. The van der Waals surface area contributed by atoms with Crippen molar-refractivity contribution >= 4 is 15.9 Å². The number of rotatable bonds is 6. The van der Waals surface area contributed by atoms with E-state index in [9.17, 15) is 0 Å². The first-order valence-corrected chi connectivity index (χ1v) is 9.10. The van der Waals surface area contributed by atoms with Crippen LogP contribution in [0.25, 0.3) is 0 Å². The first-order valence-electron chi connectivity index (χ1n) is 7.98. The molecule has 1 saturated carbocycles. The molecule has 1 nitrogen and oxygen atoms in total. The molecule has 1 aliphatic carbocycles. The highest BCUT2D eigenvalue weighted by molar-refractivity contribution is 9.09. The zero-order valence-corrected chi connectivity index (χ0v) is 14.4. The molecule has 0 aliphatic heterocycles. The van der Waals surface area contributed by atoms with Gasteiger partial charge in [0, 0.05) is 10.7 Å². The number of alkyl halides is 1. The van der Waals surface area contributed by atoms with Crippen LogP contribution in [-0.4, -0.2) is 11.9 Å². The van der Waals surface area contributed by atoms with Crippen molar-refractivity contribution in [2.24, 2.45) is 5.41 Å². The fraction of sp³-hybridized carbons (Fsp3) is 0.667. The van der Waals surface area contributed by atoms with Crippen LogP contribution in [0.1, 0.15) is 63.9 Å². The van der Waals surface area contributed by atoms with Gasteiger partial charge in [-0.25, -0.2) is 0 Å². The van der Waals surface area contributed by atoms with E-state index in [-0.39, 0.29) is 0 Å². The van der Waals surface area contributed by atoms with Crippen LogP contribution in [0.3, 0.4) is 0 Å². The zero-order valence-electron chi connectivity index (χ0n) is 12.8. The highest BCUT2D eigenvalue weighted by atomic mass is 79.9. The molecule has 0 bridgehead atoms. The van der Waals surface area contributed by atoms with Crippen LogP contribution < -0.4 is 4.74 Å². The van der Waals surface area contributed by atoms with Crippen molar-refractivity contribution in [3.05, 3.63) is 29.8 Å². The highest BCUT2D eigenvalue weighted by Gasteiger charge is 2.32. The molecule has 1 aromatic rings. The predicted octanol–water partition coefficient (Wildman–Crippen LogP) is 5.92. The Balaban J connectivity index is 2.06. The van der Waals surface area contributed by atoms with Crippen molar-refractivity contribution in [1.29, 1.82) is 0 Å². The summed E-state index contributed by atoms with van der Waals surface area (Å²) in [7, 11) is 0. The van der Waals surface area contributed by atoms with Gasteiger partial charge in [0.2, 0.25) is 0 Å². The summed E-state index contributed by atoms with van der Waals surface area (Å²) in [6, 6.07) is 8.55. The quantitative estimate of drug-likeness (QED) is 0.584. The molecule has 112 valence electrons. The number of hydrogen-bond acceptors (Lipinski definition) is 1. The van der Waals surface area contributed by atoms with Crippen LogP contribution in [0.5, 0.6) is 5.75 Å². The van der Waals surface area contributed by atoms with E-state index in [2.05, 4.69) is 54.0 Å². The predicted molar refractivity (Wildman–Crippen MR) is 90.0 cm³/mol. The molecule has 20 heavy (non-hydrogen) atoms. The van der Waals surface area contributed by atoms with E-state index in [1.54, 1.807) is 0 Å². The molecule has 1 fully saturated rings. The van der Waals surface area contributed by atoms with Crippen LogP contribution in [0, 0.1) is 5.41 Å². The third-order valence-corrected chi connectivity index (χ3v) is 5.98. The number of ether oxygens (including phenoxy) is 1. The summed E-state index contributed by atoms with van der Waals surface area (Å²) < 4.78 is 6.26. The van der Waals surface area contributed by atoms with Crippen molar-refractivity contribution in [1.82, 2.24) is 0 Å². The number of halogens is 1. The van der Waals surface area contributed by atoms with Crippen LogP contribution in [0.4, 0.5) is 0 Å². The summed E-state index contributed by atoms with van der Waals surface area (Å²) in [6.45, 7) is 5.37. The van der Waals surface area contributed by atoms with E-state index in [1.807, 2.05) is 0 Å². The average Bonchev–Trinajstić information content (AvgIpc) is 2.53.